The number of benzene rings is 1. The predicted octanol–water partition coefficient (Wildman–Crippen LogP) is 3.23. The Bertz CT molecular complexity index is 471. The van der Waals surface area contributed by atoms with Crippen molar-refractivity contribution in [1.29, 1.82) is 0 Å². The molecule has 2 unspecified atom stereocenters. The molecule has 0 aromatic heterocycles. The van der Waals surface area contributed by atoms with Crippen LogP contribution < -0.4 is 5.32 Å². The van der Waals surface area contributed by atoms with E-state index in [1.165, 1.54) is 32.1 Å². The van der Waals surface area contributed by atoms with Gasteiger partial charge in [-0.1, -0.05) is 37.5 Å². The van der Waals surface area contributed by atoms with E-state index in [4.69, 9.17) is 0 Å². The fourth-order valence-corrected chi connectivity index (χ4v) is 3.76. The predicted molar refractivity (Wildman–Crippen MR) is 83.2 cm³/mol. The van der Waals surface area contributed by atoms with Crippen molar-refractivity contribution in [1.82, 2.24) is 4.90 Å². The Morgan fingerprint density at radius 3 is 2.57 bits per heavy atom. The summed E-state index contributed by atoms with van der Waals surface area (Å²) in [5.41, 5.74) is 0.811. The minimum absolute atomic E-state index is 0.0756. The van der Waals surface area contributed by atoms with Crippen molar-refractivity contribution in [2.24, 2.45) is 5.92 Å². The number of urea groups is 1. The number of rotatable bonds is 2. The molecule has 1 heterocycles. The molecule has 1 aromatic rings. The third kappa shape index (κ3) is 3.38. The lowest BCUT2D eigenvalue weighted by Crippen LogP contribution is -2.43. The van der Waals surface area contributed by atoms with E-state index in [0.717, 1.165) is 12.1 Å². The van der Waals surface area contributed by atoms with E-state index in [2.05, 4.69) is 5.32 Å². The van der Waals surface area contributed by atoms with Crippen molar-refractivity contribution in [3.8, 4) is 0 Å². The summed E-state index contributed by atoms with van der Waals surface area (Å²) in [6.07, 6.45) is 6.54. The van der Waals surface area contributed by atoms with Gasteiger partial charge in [-0.25, -0.2) is 4.79 Å². The van der Waals surface area contributed by atoms with Crippen LogP contribution in [0.15, 0.2) is 30.3 Å². The highest BCUT2D eigenvalue weighted by Gasteiger charge is 2.39. The van der Waals surface area contributed by atoms with E-state index in [-0.39, 0.29) is 18.2 Å². The van der Waals surface area contributed by atoms with Crippen molar-refractivity contribution in [3.05, 3.63) is 30.3 Å². The minimum Gasteiger partial charge on any atom is -0.391 e. The van der Waals surface area contributed by atoms with Gasteiger partial charge in [0.1, 0.15) is 0 Å². The van der Waals surface area contributed by atoms with Crippen LogP contribution in [0.3, 0.4) is 0 Å². The Morgan fingerprint density at radius 1 is 1.14 bits per heavy atom. The summed E-state index contributed by atoms with van der Waals surface area (Å²) in [5, 5.41) is 12.9. The lowest BCUT2D eigenvalue weighted by Gasteiger charge is -2.33. The number of para-hydroxylation sites is 1. The molecular formula is C17H24N2O2. The topological polar surface area (TPSA) is 52.6 Å². The Hall–Kier alpha value is -1.55. The Balaban J connectivity index is 1.67. The zero-order valence-corrected chi connectivity index (χ0v) is 12.4. The zero-order valence-electron chi connectivity index (χ0n) is 12.4. The first-order valence-electron chi connectivity index (χ1n) is 8.05. The molecule has 1 saturated heterocycles. The molecule has 2 amide bonds. The molecule has 2 N–H and O–H groups in total. The van der Waals surface area contributed by atoms with Crippen LogP contribution >= 0.6 is 0 Å². The maximum Gasteiger partial charge on any atom is 0.322 e. The molecule has 4 heteroatoms. The number of nitrogens with one attached hydrogen (secondary N) is 1. The normalized spacial score (nSPS) is 26.8. The van der Waals surface area contributed by atoms with Crippen molar-refractivity contribution in [2.45, 2.75) is 50.7 Å². The van der Waals surface area contributed by atoms with Gasteiger partial charge in [-0.3, -0.25) is 0 Å². The van der Waals surface area contributed by atoms with Gasteiger partial charge in [-0.15, -0.1) is 0 Å². The fourth-order valence-electron chi connectivity index (χ4n) is 3.76. The van der Waals surface area contributed by atoms with Crippen molar-refractivity contribution in [3.63, 3.8) is 0 Å². The molecule has 2 atom stereocenters. The highest BCUT2D eigenvalue weighted by atomic mass is 16.3. The lowest BCUT2D eigenvalue weighted by atomic mass is 9.83. The van der Waals surface area contributed by atoms with Crippen LogP contribution in [0.5, 0.6) is 0 Å². The average Bonchev–Trinajstić information content (AvgIpc) is 2.91. The van der Waals surface area contributed by atoms with Crippen LogP contribution in [0, 0.1) is 5.92 Å². The molecule has 21 heavy (non-hydrogen) atoms. The summed E-state index contributed by atoms with van der Waals surface area (Å²) in [6.45, 7) is 0.458. The quantitative estimate of drug-likeness (QED) is 0.878. The molecule has 4 nitrogen and oxygen atoms in total. The molecule has 1 aliphatic carbocycles. The molecule has 2 aliphatic rings. The van der Waals surface area contributed by atoms with Gasteiger partial charge in [0.25, 0.3) is 0 Å². The summed E-state index contributed by atoms with van der Waals surface area (Å²) in [4.78, 5) is 14.4. The van der Waals surface area contributed by atoms with Crippen LogP contribution in [0.4, 0.5) is 10.5 Å². The first-order chi connectivity index (χ1) is 10.2. The number of aliphatic hydroxyl groups excluding tert-OH is 1. The summed E-state index contributed by atoms with van der Waals surface area (Å²) in [6, 6.07) is 9.65. The maximum absolute atomic E-state index is 12.5. The third-order valence-corrected chi connectivity index (χ3v) is 4.80. The number of carbonyl (C=O) groups is 1. The van der Waals surface area contributed by atoms with Crippen molar-refractivity contribution < 1.29 is 9.90 Å². The summed E-state index contributed by atoms with van der Waals surface area (Å²) >= 11 is 0. The first kappa shape index (κ1) is 14.4. The molecule has 3 rings (SSSR count). The fraction of sp³-hybridized carbons (Fsp3) is 0.588. The second-order valence-corrected chi connectivity index (χ2v) is 6.30. The summed E-state index contributed by atoms with van der Waals surface area (Å²) in [7, 11) is 0. The third-order valence-electron chi connectivity index (χ3n) is 4.80. The van der Waals surface area contributed by atoms with Gasteiger partial charge in [0, 0.05) is 18.3 Å². The number of nitrogens with zero attached hydrogens (tertiary/aromatic N) is 1. The van der Waals surface area contributed by atoms with E-state index in [1.54, 1.807) is 0 Å². The molecule has 1 aromatic carbocycles. The standard InChI is InChI=1S/C17H24N2O2/c20-15-11-16(13-7-3-1-4-8-13)19(12-15)17(21)18-14-9-5-2-6-10-14/h2,5-6,9-10,13,15-16,20H,1,3-4,7-8,11-12H2,(H,18,21). The SMILES string of the molecule is O=C(Nc1ccccc1)N1CC(O)CC1C1CCCCC1. The number of likely N-dealkylation sites (tertiary alicyclic amines) is 1. The molecule has 0 radical (unpaired) electrons. The monoisotopic (exact) mass is 288 g/mol. The number of carbonyl (C=O) groups excluding carboxylic acids is 1. The van der Waals surface area contributed by atoms with Crippen LogP contribution in [-0.4, -0.2) is 34.7 Å². The van der Waals surface area contributed by atoms with Gasteiger partial charge in [0.2, 0.25) is 0 Å². The second-order valence-electron chi connectivity index (χ2n) is 6.30. The Morgan fingerprint density at radius 2 is 1.86 bits per heavy atom. The average molecular weight is 288 g/mol. The van der Waals surface area contributed by atoms with Gasteiger partial charge >= 0.3 is 6.03 Å². The first-order valence-corrected chi connectivity index (χ1v) is 8.05. The van der Waals surface area contributed by atoms with Gasteiger partial charge in [0.05, 0.1) is 6.10 Å². The second kappa shape index (κ2) is 6.48. The van der Waals surface area contributed by atoms with Gasteiger partial charge in [-0.2, -0.15) is 0 Å². The molecule has 0 bridgehead atoms. The van der Waals surface area contributed by atoms with Crippen LogP contribution in [0.25, 0.3) is 0 Å². The molecule has 1 aliphatic heterocycles. The number of hydrogen-bond donors (Lipinski definition) is 2. The van der Waals surface area contributed by atoms with E-state index >= 15 is 0 Å². The highest BCUT2D eigenvalue weighted by molar-refractivity contribution is 5.89. The maximum atomic E-state index is 12.5. The number of aliphatic hydroxyl groups is 1. The smallest absolute Gasteiger partial charge is 0.322 e. The van der Waals surface area contributed by atoms with Gasteiger partial charge in [0.15, 0.2) is 0 Å². The Labute approximate surface area is 126 Å². The largest absolute Gasteiger partial charge is 0.391 e. The molecule has 0 spiro atoms. The zero-order chi connectivity index (χ0) is 14.7. The minimum atomic E-state index is -0.376. The van der Waals surface area contributed by atoms with Gasteiger partial charge < -0.3 is 15.3 Å². The van der Waals surface area contributed by atoms with E-state index in [0.29, 0.717) is 12.5 Å². The molecule has 1 saturated carbocycles. The van der Waals surface area contributed by atoms with Gasteiger partial charge in [-0.05, 0) is 37.3 Å². The number of amides is 2. The number of β-amino-alcohol motifs (C(OH)–C–C–N with tert-alkyl or cyclic N) is 1. The Kier molecular flexibility index (Phi) is 4.44. The van der Waals surface area contributed by atoms with E-state index in [1.807, 2.05) is 35.2 Å². The number of anilines is 1. The highest BCUT2D eigenvalue weighted by Crippen LogP contribution is 2.34. The van der Waals surface area contributed by atoms with Crippen molar-refractivity contribution >= 4 is 11.7 Å². The number of hydrogen-bond acceptors (Lipinski definition) is 2. The lowest BCUT2D eigenvalue weighted by molar-refractivity contribution is 0.164. The van der Waals surface area contributed by atoms with E-state index < -0.39 is 0 Å². The van der Waals surface area contributed by atoms with Crippen LogP contribution in [0.2, 0.25) is 0 Å². The van der Waals surface area contributed by atoms with E-state index in [9.17, 15) is 9.90 Å². The summed E-state index contributed by atoms with van der Waals surface area (Å²) < 4.78 is 0. The summed E-state index contributed by atoms with van der Waals surface area (Å²) in [5.74, 6) is 0.553. The van der Waals surface area contributed by atoms with Crippen LogP contribution in [-0.2, 0) is 0 Å². The molecule has 2 fully saturated rings. The van der Waals surface area contributed by atoms with Crippen molar-refractivity contribution in [2.75, 3.05) is 11.9 Å². The van der Waals surface area contributed by atoms with Crippen LogP contribution in [0.1, 0.15) is 38.5 Å². The molecular weight excluding hydrogens is 264 g/mol. The molecule has 114 valence electrons.